The van der Waals surface area contributed by atoms with E-state index < -0.39 is 0 Å². The maximum Gasteiger partial charge on any atom is 2.00 e. The molecule has 0 unspecified atom stereocenters. The molecule has 0 aliphatic carbocycles. The van der Waals surface area contributed by atoms with Gasteiger partial charge in [0.05, 0.1) is 5.69 Å². The molecule has 0 atom stereocenters. The van der Waals surface area contributed by atoms with Crippen molar-refractivity contribution in [1.82, 2.24) is 19.3 Å². The summed E-state index contributed by atoms with van der Waals surface area (Å²) in [6, 6.07) is 40.4. The molecular formula is C42H40N4OPt. The fourth-order valence-electron chi connectivity index (χ4n) is 6.27. The van der Waals surface area contributed by atoms with Crippen molar-refractivity contribution in [3.05, 3.63) is 132 Å². The summed E-state index contributed by atoms with van der Waals surface area (Å²) >= 11 is 0. The first-order valence-corrected chi connectivity index (χ1v) is 16.4. The summed E-state index contributed by atoms with van der Waals surface area (Å²) in [6.07, 6.45) is 3.78. The number of aromatic nitrogens is 4. The molecule has 3 aromatic heterocycles. The second kappa shape index (κ2) is 13.6. The molecule has 0 bridgehead atoms. The van der Waals surface area contributed by atoms with Crippen LogP contribution in [0.3, 0.4) is 0 Å². The number of aryl methyl sites for hydroxylation is 1. The van der Waals surface area contributed by atoms with Crippen LogP contribution in [0, 0.1) is 24.5 Å². The molecule has 6 heteroatoms. The van der Waals surface area contributed by atoms with E-state index in [1.807, 2.05) is 30.5 Å². The third-order valence-corrected chi connectivity index (χ3v) is 8.62. The Morgan fingerprint density at radius 2 is 1.56 bits per heavy atom. The number of ether oxygens (including phenoxy) is 1. The minimum absolute atomic E-state index is 0. The van der Waals surface area contributed by atoms with Gasteiger partial charge in [-0.25, -0.2) is 4.98 Å². The molecule has 48 heavy (non-hydrogen) atoms. The van der Waals surface area contributed by atoms with Gasteiger partial charge < -0.3 is 9.30 Å². The minimum Gasteiger partial charge on any atom is -0.509 e. The van der Waals surface area contributed by atoms with E-state index in [1.165, 1.54) is 16.8 Å². The fourth-order valence-corrected chi connectivity index (χ4v) is 6.27. The molecule has 0 aliphatic rings. The zero-order valence-electron chi connectivity index (χ0n) is 28.3. The van der Waals surface area contributed by atoms with Gasteiger partial charge in [0.1, 0.15) is 5.82 Å². The third kappa shape index (κ3) is 6.62. The first-order chi connectivity index (χ1) is 22.7. The second-order valence-electron chi connectivity index (χ2n) is 13.8. The van der Waals surface area contributed by atoms with E-state index in [4.69, 9.17) is 14.8 Å². The SMILES string of the molecule is Cc1ccnc(-n2c3[c-]c(Oc4[c-]c(-n5nc(C(C)C)c(-c6ccccc6)c5CCC(C)(C)C)ccc4)ccc3c3ccccc32)c1.[Pt+2]. The Morgan fingerprint density at radius 1 is 0.812 bits per heavy atom. The van der Waals surface area contributed by atoms with Crippen LogP contribution in [0.25, 0.3) is 44.4 Å². The standard InChI is InChI=1S/C42H40N4O.Pt/c1-28(2)41-40(30-13-8-7-9-14-30)37(21-23-42(4,5)6)46(44-41)31-15-12-16-32(26-31)47-33-19-20-35-34-17-10-11-18-36(34)45(38(35)27-33)39-25-29(3)22-24-43-39;/h7-20,22,24-25,28H,21,23H2,1-6H3;/q-2;+2. The first kappa shape index (κ1) is 33.4. The molecule has 0 aliphatic heterocycles. The summed E-state index contributed by atoms with van der Waals surface area (Å²) in [5, 5.41) is 7.49. The van der Waals surface area contributed by atoms with Crippen molar-refractivity contribution in [2.45, 2.75) is 60.3 Å². The van der Waals surface area contributed by atoms with Crippen LogP contribution in [0.2, 0.25) is 0 Å². The molecule has 5 nitrogen and oxygen atoms in total. The normalized spacial score (nSPS) is 11.7. The summed E-state index contributed by atoms with van der Waals surface area (Å²) < 4.78 is 10.7. The molecule has 7 rings (SSSR count). The van der Waals surface area contributed by atoms with Crippen molar-refractivity contribution in [2.24, 2.45) is 5.41 Å². The van der Waals surface area contributed by atoms with Gasteiger partial charge in [0.25, 0.3) is 0 Å². The van der Waals surface area contributed by atoms with Crippen molar-refractivity contribution in [3.63, 3.8) is 0 Å². The molecule has 0 spiro atoms. The number of fused-ring (bicyclic) bond motifs is 3. The van der Waals surface area contributed by atoms with E-state index in [0.717, 1.165) is 57.4 Å². The molecule has 244 valence electrons. The van der Waals surface area contributed by atoms with Crippen LogP contribution < -0.4 is 4.74 Å². The quantitative estimate of drug-likeness (QED) is 0.144. The van der Waals surface area contributed by atoms with Crippen molar-refractivity contribution in [3.8, 4) is 34.1 Å². The van der Waals surface area contributed by atoms with E-state index in [1.54, 1.807) is 0 Å². The number of nitrogens with zero attached hydrogens (tertiary/aromatic N) is 4. The molecule has 3 heterocycles. The van der Waals surface area contributed by atoms with E-state index >= 15 is 0 Å². The van der Waals surface area contributed by atoms with Crippen LogP contribution in [0.5, 0.6) is 11.5 Å². The summed E-state index contributed by atoms with van der Waals surface area (Å²) in [4.78, 5) is 4.71. The monoisotopic (exact) mass is 811 g/mol. The zero-order valence-corrected chi connectivity index (χ0v) is 30.6. The molecular weight excluding hydrogens is 772 g/mol. The minimum atomic E-state index is 0. The Hall–Kier alpha value is -4.47. The average molecular weight is 812 g/mol. The number of hydrogen-bond acceptors (Lipinski definition) is 3. The Labute approximate surface area is 297 Å². The number of benzene rings is 4. The van der Waals surface area contributed by atoms with Gasteiger partial charge in [0.15, 0.2) is 0 Å². The van der Waals surface area contributed by atoms with Gasteiger partial charge in [-0.05, 0) is 71.5 Å². The molecule has 0 fully saturated rings. The zero-order chi connectivity index (χ0) is 32.7. The van der Waals surface area contributed by atoms with E-state index in [2.05, 4.69) is 136 Å². The third-order valence-electron chi connectivity index (χ3n) is 8.62. The molecule has 4 aromatic carbocycles. The van der Waals surface area contributed by atoms with Crippen LogP contribution in [-0.2, 0) is 27.5 Å². The van der Waals surface area contributed by atoms with Gasteiger partial charge in [-0.15, -0.1) is 35.7 Å². The van der Waals surface area contributed by atoms with E-state index in [-0.39, 0.29) is 32.4 Å². The Morgan fingerprint density at radius 3 is 2.31 bits per heavy atom. The number of para-hydroxylation sites is 1. The van der Waals surface area contributed by atoms with Gasteiger partial charge in [-0.1, -0.05) is 88.7 Å². The Balaban J connectivity index is 0.00000401. The molecule has 0 saturated carbocycles. The van der Waals surface area contributed by atoms with Crippen LogP contribution in [0.4, 0.5) is 0 Å². The van der Waals surface area contributed by atoms with Crippen LogP contribution >= 0.6 is 0 Å². The van der Waals surface area contributed by atoms with Gasteiger partial charge >= 0.3 is 21.1 Å². The van der Waals surface area contributed by atoms with Crippen molar-refractivity contribution < 1.29 is 25.8 Å². The van der Waals surface area contributed by atoms with Crippen molar-refractivity contribution >= 4 is 21.8 Å². The Kier molecular flexibility index (Phi) is 9.45. The number of pyridine rings is 1. The van der Waals surface area contributed by atoms with Crippen molar-refractivity contribution in [1.29, 1.82) is 0 Å². The van der Waals surface area contributed by atoms with Gasteiger partial charge in [0.2, 0.25) is 0 Å². The van der Waals surface area contributed by atoms with Gasteiger partial charge in [0, 0.05) is 34.5 Å². The molecule has 0 radical (unpaired) electrons. The summed E-state index contributed by atoms with van der Waals surface area (Å²) in [6.45, 7) is 13.4. The summed E-state index contributed by atoms with van der Waals surface area (Å²) in [5.74, 6) is 2.34. The maximum absolute atomic E-state index is 6.50. The van der Waals surface area contributed by atoms with E-state index in [9.17, 15) is 0 Å². The fraction of sp³-hybridized carbons (Fsp3) is 0.238. The molecule has 0 amide bonds. The van der Waals surface area contributed by atoms with Crippen LogP contribution in [-0.4, -0.2) is 19.3 Å². The largest absolute Gasteiger partial charge is 2.00 e. The first-order valence-electron chi connectivity index (χ1n) is 16.4. The van der Waals surface area contributed by atoms with Crippen LogP contribution in [0.15, 0.2) is 103 Å². The Bertz CT molecular complexity index is 2210. The second-order valence-corrected chi connectivity index (χ2v) is 13.8. The van der Waals surface area contributed by atoms with E-state index in [0.29, 0.717) is 11.5 Å². The van der Waals surface area contributed by atoms with Gasteiger partial charge in [-0.2, -0.15) is 17.2 Å². The predicted molar refractivity (Wildman–Crippen MR) is 192 cm³/mol. The molecule has 0 N–H and O–H groups in total. The maximum atomic E-state index is 6.50. The number of hydrogen-bond donors (Lipinski definition) is 0. The topological polar surface area (TPSA) is 44.9 Å². The summed E-state index contributed by atoms with van der Waals surface area (Å²) in [5.41, 5.74) is 8.90. The van der Waals surface area contributed by atoms with Crippen molar-refractivity contribution in [2.75, 3.05) is 0 Å². The summed E-state index contributed by atoms with van der Waals surface area (Å²) in [7, 11) is 0. The molecule has 7 aromatic rings. The molecule has 0 saturated heterocycles. The average Bonchev–Trinajstić information content (AvgIpc) is 3.60. The number of rotatable bonds is 8. The van der Waals surface area contributed by atoms with Gasteiger partial charge in [-0.3, -0.25) is 4.68 Å². The predicted octanol–water partition coefficient (Wildman–Crippen LogP) is 10.8. The van der Waals surface area contributed by atoms with Crippen LogP contribution in [0.1, 0.15) is 63.9 Å². The smallest absolute Gasteiger partial charge is 0.509 e.